The molecule has 0 unspecified atom stereocenters. The molecular formula is C15H15ClN2O2. The second-order valence-corrected chi connectivity index (χ2v) is 4.93. The monoisotopic (exact) mass is 290 g/mol. The summed E-state index contributed by atoms with van der Waals surface area (Å²) in [5.74, 6) is -0.951. The van der Waals surface area contributed by atoms with Gasteiger partial charge in [0.2, 0.25) is 0 Å². The topological polar surface area (TPSA) is 53.4 Å². The fraction of sp³-hybridized carbons (Fsp3) is 0.200. The van der Waals surface area contributed by atoms with Gasteiger partial charge in [0.15, 0.2) is 0 Å². The van der Waals surface area contributed by atoms with Gasteiger partial charge in [-0.05, 0) is 42.3 Å². The molecule has 104 valence electrons. The Kier molecular flexibility index (Phi) is 4.58. The number of rotatable bonds is 5. The van der Waals surface area contributed by atoms with Crippen molar-refractivity contribution < 1.29 is 9.90 Å². The molecule has 0 aliphatic carbocycles. The van der Waals surface area contributed by atoms with E-state index in [9.17, 15) is 9.90 Å². The van der Waals surface area contributed by atoms with Crippen LogP contribution in [0.1, 0.15) is 15.9 Å². The second-order valence-electron chi connectivity index (χ2n) is 4.49. The molecule has 0 saturated heterocycles. The molecule has 5 heteroatoms. The number of pyridine rings is 1. The molecule has 1 aromatic carbocycles. The van der Waals surface area contributed by atoms with E-state index in [1.165, 1.54) is 6.07 Å². The summed E-state index contributed by atoms with van der Waals surface area (Å²) in [6.07, 6.45) is 4.30. The molecule has 20 heavy (non-hydrogen) atoms. The van der Waals surface area contributed by atoms with Crippen molar-refractivity contribution in [2.24, 2.45) is 0 Å². The van der Waals surface area contributed by atoms with Gasteiger partial charge in [-0.2, -0.15) is 0 Å². The molecule has 1 heterocycles. The van der Waals surface area contributed by atoms with E-state index in [1.54, 1.807) is 24.5 Å². The zero-order chi connectivity index (χ0) is 14.5. The van der Waals surface area contributed by atoms with Crippen LogP contribution in [0.15, 0.2) is 42.7 Å². The van der Waals surface area contributed by atoms with Crippen molar-refractivity contribution in [3.05, 3.63) is 58.9 Å². The van der Waals surface area contributed by atoms with Crippen LogP contribution in [0.5, 0.6) is 0 Å². The summed E-state index contributed by atoms with van der Waals surface area (Å²) in [6, 6.07) is 8.69. The lowest BCUT2D eigenvalue weighted by Crippen LogP contribution is -2.22. The van der Waals surface area contributed by atoms with Crippen molar-refractivity contribution in [1.29, 1.82) is 0 Å². The van der Waals surface area contributed by atoms with Crippen LogP contribution in [-0.2, 0) is 6.42 Å². The van der Waals surface area contributed by atoms with Crippen molar-refractivity contribution in [3.63, 3.8) is 0 Å². The maximum absolute atomic E-state index is 11.2. The SMILES string of the molecule is CN(CCc1ccncc1)c1cc(Cl)ccc1C(=O)O. The van der Waals surface area contributed by atoms with Crippen LogP contribution in [0.25, 0.3) is 0 Å². The predicted molar refractivity (Wildman–Crippen MR) is 79.6 cm³/mol. The third-order valence-electron chi connectivity index (χ3n) is 3.09. The number of aromatic nitrogens is 1. The van der Waals surface area contributed by atoms with E-state index in [1.807, 2.05) is 24.1 Å². The predicted octanol–water partition coefficient (Wildman–Crippen LogP) is 3.11. The third kappa shape index (κ3) is 3.48. The van der Waals surface area contributed by atoms with Crippen molar-refractivity contribution in [1.82, 2.24) is 4.98 Å². The van der Waals surface area contributed by atoms with E-state index >= 15 is 0 Å². The first kappa shape index (κ1) is 14.3. The molecule has 2 rings (SSSR count). The highest BCUT2D eigenvalue weighted by Crippen LogP contribution is 2.24. The van der Waals surface area contributed by atoms with Gasteiger partial charge in [-0.3, -0.25) is 4.98 Å². The smallest absolute Gasteiger partial charge is 0.337 e. The van der Waals surface area contributed by atoms with Crippen LogP contribution >= 0.6 is 11.6 Å². The van der Waals surface area contributed by atoms with E-state index in [0.29, 0.717) is 17.3 Å². The molecule has 1 N–H and O–H groups in total. The van der Waals surface area contributed by atoms with Gasteiger partial charge in [0.05, 0.1) is 11.3 Å². The largest absolute Gasteiger partial charge is 0.478 e. The van der Waals surface area contributed by atoms with Crippen molar-refractivity contribution >= 4 is 23.3 Å². The summed E-state index contributed by atoms with van der Waals surface area (Å²) in [5.41, 5.74) is 2.04. The molecule has 0 fully saturated rings. The Labute approximate surface area is 122 Å². The average molecular weight is 291 g/mol. The number of hydrogen-bond donors (Lipinski definition) is 1. The number of likely N-dealkylation sites (N-methyl/N-ethyl adjacent to an activating group) is 1. The van der Waals surface area contributed by atoms with Crippen LogP contribution in [-0.4, -0.2) is 29.7 Å². The van der Waals surface area contributed by atoms with Gasteiger partial charge in [0.1, 0.15) is 0 Å². The second kappa shape index (κ2) is 6.39. The first-order valence-corrected chi connectivity index (χ1v) is 6.58. The Bertz CT molecular complexity index is 602. The van der Waals surface area contributed by atoms with Crippen LogP contribution < -0.4 is 4.90 Å². The lowest BCUT2D eigenvalue weighted by molar-refractivity contribution is 0.0697. The van der Waals surface area contributed by atoms with Crippen LogP contribution in [0.2, 0.25) is 5.02 Å². The van der Waals surface area contributed by atoms with Crippen molar-refractivity contribution in [2.75, 3.05) is 18.5 Å². The van der Waals surface area contributed by atoms with Gasteiger partial charge < -0.3 is 10.0 Å². The fourth-order valence-corrected chi connectivity index (χ4v) is 2.13. The Balaban J connectivity index is 2.14. The van der Waals surface area contributed by atoms with Crippen LogP contribution in [0.3, 0.4) is 0 Å². The molecule has 0 bridgehead atoms. The number of aromatic carboxylic acids is 1. The maximum atomic E-state index is 11.2. The van der Waals surface area contributed by atoms with E-state index in [0.717, 1.165) is 12.0 Å². The lowest BCUT2D eigenvalue weighted by atomic mass is 10.1. The van der Waals surface area contributed by atoms with Gasteiger partial charge in [-0.25, -0.2) is 4.79 Å². The van der Waals surface area contributed by atoms with E-state index in [4.69, 9.17) is 11.6 Å². The minimum atomic E-state index is -0.951. The van der Waals surface area contributed by atoms with Gasteiger partial charge in [-0.1, -0.05) is 11.6 Å². The lowest BCUT2D eigenvalue weighted by Gasteiger charge is -2.21. The van der Waals surface area contributed by atoms with Crippen LogP contribution in [0.4, 0.5) is 5.69 Å². The first-order valence-electron chi connectivity index (χ1n) is 6.21. The summed E-state index contributed by atoms with van der Waals surface area (Å²) >= 11 is 5.95. The van der Waals surface area contributed by atoms with E-state index in [-0.39, 0.29) is 5.56 Å². The Hall–Kier alpha value is -2.07. The van der Waals surface area contributed by atoms with Crippen molar-refractivity contribution in [3.8, 4) is 0 Å². The van der Waals surface area contributed by atoms with Gasteiger partial charge in [0, 0.05) is 31.0 Å². The fourth-order valence-electron chi connectivity index (χ4n) is 1.97. The Morgan fingerprint density at radius 3 is 2.65 bits per heavy atom. The molecule has 0 aliphatic rings. The molecule has 0 amide bonds. The van der Waals surface area contributed by atoms with Gasteiger partial charge in [-0.15, -0.1) is 0 Å². The average Bonchev–Trinajstić information content (AvgIpc) is 2.45. The molecule has 0 aliphatic heterocycles. The number of nitrogens with zero attached hydrogens (tertiary/aromatic N) is 2. The zero-order valence-electron chi connectivity index (χ0n) is 11.1. The number of hydrogen-bond acceptors (Lipinski definition) is 3. The summed E-state index contributed by atoms with van der Waals surface area (Å²) in [6.45, 7) is 0.699. The minimum Gasteiger partial charge on any atom is -0.478 e. The summed E-state index contributed by atoms with van der Waals surface area (Å²) in [4.78, 5) is 17.1. The maximum Gasteiger partial charge on any atom is 0.337 e. The minimum absolute atomic E-state index is 0.256. The number of carboxylic acids is 1. The Morgan fingerprint density at radius 2 is 2.00 bits per heavy atom. The molecular weight excluding hydrogens is 276 g/mol. The summed E-state index contributed by atoms with van der Waals surface area (Å²) in [7, 11) is 1.86. The molecule has 4 nitrogen and oxygen atoms in total. The van der Waals surface area contributed by atoms with E-state index < -0.39 is 5.97 Å². The number of halogens is 1. The van der Waals surface area contributed by atoms with Gasteiger partial charge in [0.25, 0.3) is 0 Å². The van der Waals surface area contributed by atoms with Crippen LogP contribution in [0, 0.1) is 0 Å². The quantitative estimate of drug-likeness (QED) is 0.919. The molecule has 0 saturated carbocycles. The molecule has 1 aromatic heterocycles. The van der Waals surface area contributed by atoms with Gasteiger partial charge >= 0.3 is 5.97 Å². The normalized spacial score (nSPS) is 10.3. The third-order valence-corrected chi connectivity index (χ3v) is 3.32. The first-order chi connectivity index (χ1) is 9.58. The number of anilines is 1. The van der Waals surface area contributed by atoms with E-state index in [2.05, 4.69) is 4.98 Å². The molecule has 0 atom stereocenters. The highest BCUT2D eigenvalue weighted by Gasteiger charge is 2.13. The Morgan fingerprint density at radius 1 is 1.30 bits per heavy atom. The van der Waals surface area contributed by atoms with Crippen molar-refractivity contribution in [2.45, 2.75) is 6.42 Å². The number of carboxylic acid groups (broad SMARTS) is 1. The summed E-state index contributed by atoms with van der Waals surface area (Å²) in [5, 5.41) is 9.74. The highest BCUT2D eigenvalue weighted by atomic mass is 35.5. The molecule has 2 aromatic rings. The highest BCUT2D eigenvalue weighted by molar-refractivity contribution is 6.31. The summed E-state index contributed by atoms with van der Waals surface area (Å²) < 4.78 is 0. The molecule has 0 spiro atoms. The number of benzene rings is 1. The zero-order valence-corrected chi connectivity index (χ0v) is 11.8. The standard InChI is InChI=1S/C15H15ClN2O2/c1-18(9-6-11-4-7-17-8-5-11)14-10-12(16)2-3-13(14)15(19)20/h2-5,7-8,10H,6,9H2,1H3,(H,19,20). The number of carbonyl (C=O) groups is 1. The molecule has 0 radical (unpaired) electrons.